The molecule has 1 aromatic heterocycles. The average Bonchev–Trinajstić information content (AvgIpc) is 3.12. The summed E-state index contributed by atoms with van der Waals surface area (Å²) in [7, 11) is 2.16. The molecular weight excluding hydrogens is 358 g/mol. The van der Waals surface area contributed by atoms with Crippen LogP contribution in [0.1, 0.15) is 13.8 Å². The van der Waals surface area contributed by atoms with Crippen LogP contribution in [-0.2, 0) is 0 Å². The summed E-state index contributed by atoms with van der Waals surface area (Å²) < 4.78 is 0. The maximum Gasteiger partial charge on any atom is 0.321 e. The Hall–Kier alpha value is -1.96. The molecule has 0 bridgehead atoms. The molecule has 1 aromatic carbocycles. The van der Waals surface area contributed by atoms with Gasteiger partial charge in [0.1, 0.15) is 0 Å². The summed E-state index contributed by atoms with van der Waals surface area (Å²) in [5.74, 6) is 0.484. The normalized spacial score (nSPS) is 17.0. The summed E-state index contributed by atoms with van der Waals surface area (Å²) in [5, 5.41) is 8.48. The van der Waals surface area contributed by atoms with Crippen LogP contribution < -0.4 is 10.6 Å². The van der Waals surface area contributed by atoms with E-state index in [1.165, 1.54) is 11.3 Å². The van der Waals surface area contributed by atoms with Crippen LogP contribution in [0.15, 0.2) is 35.7 Å². The Morgan fingerprint density at radius 2 is 1.89 bits per heavy atom. The highest BCUT2D eigenvalue weighted by Gasteiger charge is 2.25. The highest BCUT2D eigenvalue weighted by atomic mass is 32.1. The zero-order chi connectivity index (χ0) is 19.2. The maximum atomic E-state index is 12.3. The summed E-state index contributed by atoms with van der Waals surface area (Å²) >= 11 is 1.44. The molecule has 1 aliphatic heterocycles. The molecule has 27 heavy (non-hydrogen) atoms. The number of anilines is 1. The first-order chi connectivity index (χ1) is 13.0. The molecule has 2 N–H and O–H groups in total. The Bertz CT molecular complexity index is 725. The van der Waals surface area contributed by atoms with E-state index in [-0.39, 0.29) is 6.03 Å². The van der Waals surface area contributed by atoms with E-state index in [1.54, 1.807) is 0 Å². The second-order valence-corrected chi connectivity index (χ2v) is 8.25. The van der Waals surface area contributed by atoms with Crippen LogP contribution in [0.5, 0.6) is 0 Å². The van der Waals surface area contributed by atoms with Gasteiger partial charge in [0.05, 0.1) is 5.69 Å². The van der Waals surface area contributed by atoms with Crippen LogP contribution in [-0.4, -0.2) is 66.6 Å². The molecule has 146 valence electrons. The van der Waals surface area contributed by atoms with E-state index in [0.717, 1.165) is 37.4 Å². The van der Waals surface area contributed by atoms with Gasteiger partial charge in [-0.1, -0.05) is 44.2 Å². The molecule has 2 aromatic rings. The number of aromatic nitrogens is 1. The molecule has 0 saturated carbocycles. The summed E-state index contributed by atoms with van der Waals surface area (Å²) in [6, 6.07) is 10.1. The summed E-state index contributed by atoms with van der Waals surface area (Å²) in [4.78, 5) is 21.7. The minimum absolute atomic E-state index is 0.191. The van der Waals surface area contributed by atoms with Crippen LogP contribution in [0, 0.1) is 5.92 Å². The van der Waals surface area contributed by atoms with Gasteiger partial charge in [-0.25, -0.2) is 9.78 Å². The molecule has 1 atom stereocenters. The molecule has 6 nitrogen and oxygen atoms in total. The van der Waals surface area contributed by atoms with Crippen molar-refractivity contribution in [2.75, 3.05) is 45.1 Å². The predicted octanol–water partition coefficient (Wildman–Crippen LogP) is 3.20. The number of benzene rings is 1. The lowest BCUT2D eigenvalue weighted by atomic mass is 10.0. The number of amides is 2. The monoisotopic (exact) mass is 387 g/mol. The van der Waals surface area contributed by atoms with E-state index in [9.17, 15) is 4.79 Å². The van der Waals surface area contributed by atoms with Crippen LogP contribution in [0.25, 0.3) is 11.3 Å². The highest BCUT2D eigenvalue weighted by molar-refractivity contribution is 7.14. The van der Waals surface area contributed by atoms with E-state index >= 15 is 0 Å². The molecule has 0 radical (unpaired) electrons. The van der Waals surface area contributed by atoms with Crippen molar-refractivity contribution in [1.82, 2.24) is 20.1 Å². The van der Waals surface area contributed by atoms with Crippen molar-refractivity contribution in [2.45, 2.75) is 19.9 Å². The van der Waals surface area contributed by atoms with Gasteiger partial charge in [0.25, 0.3) is 0 Å². The molecule has 2 amide bonds. The lowest BCUT2D eigenvalue weighted by Crippen LogP contribution is -2.54. The molecule has 2 heterocycles. The van der Waals surface area contributed by atoms with Crippen molar-refractivity contribution in [3.8, 4) is 11.3 Å². The first kappa shape index (κ1) is 19.8. The lowest BCUT2D eigenvalue weighted by molar-refractivity contribution is 0.0890. The van der Waals surface area contributed by atoms with E-state index in [2.05, 4.69) is 46.3 Å². The molecule has 1 fully saturated rings. The maximum absolute atomic E-state index is 12.3. The number of hydrogen-bond acceptors (Lipinski definition) is 5. The fraction of sp³-hybridized carbons (Fsp3) is 0.500. The third-order valence-electron chi connectivity index (χ3n) is 5.04. The molecule has 7 heteroatoms. The fourth-order valence-corrected chi connectivity index (χ4v) is 4.07. The van der Waals surface area contributed by atoms with E-state index < -0.39 is 0 Å². The number of nitrogens with zero attached hydrogens (tertiary/aromatic N) is 3. The number of rotatable bonds is 6. The van der Waals surface area contributed by atoms with Gasteiger partial charge in [0.2, 0.25) is 0 Å². The third-order valence-corrected chi connectivity index (χ3v) is 5.80. The quantitative estimate of drug-likeness (QED) is 0.799. The van der Waals surface area contributed by atoms with Crippen LogP contribution >= 0.6 is 11.3 Å². The number of urea groups is 1. The molecule has 1 aliphatic rings. The number of piperazine rings is 1. The summed E-state index contributed by atoms with van der Waals surface area (Å²) in [5.41, 5.74) is 1.94. The first-order valence-electron chi connectivity index (χ1n) is 9.51. The highest BCUT2D eigenvalue weighted by Crippen LogP contribution is 2.24. The van der Waals surface area contributed by atoms with Crippen molar-refractivity contribution in [3.05, 3.63) is 35.7 Å². The largest absolute Gasteiger partial charge is 0.336 e. The molecule has 1 saturated heterocycles. The van der Waals surface area contributed by atoms with Gasteiger partial charge >= 0.3 is 6.03 Å². The zero-order valence-corrected chi connectivity index (χ0v) is 17.1. The minimum Gasteiger partial charge on any atom is -0.336 e. The van der Waals surface area contributed by atoms with Crippen molar-refractivity contribution >= 4 is 22.5 Å². The van der Waals surface area contributed by atoms with Gasteiger partial charge < -0.3 is 10.2 Å². The van der Waals surface area contributed by atoms with E-state index in [0.29, 0.717) is 23.6 Å². The Morgan fingerprint density at radius 1 is 1.19 bits per heavy atom. The average molecular weight is 388 g/mol. The van der Waals surface area contributed by atoms with Crippen molar-refractivity contribution in [2.24, 2.45) is 5.92 Å². The van der Waals surface area contributed by atoms with Crippen molar-refractivity contribution in [3.63, 3.8) is 0 Å². The van der Waals surface area contributed by atoms with Crippen LogP contribution in [0.3, 0.4) is 0 Å². The number of hydrogen-bond donors (Lipinski definition) is 2. The molecule has 0 spiro atoms. The lowest BCUT2D eigenvalue weighted by Gasteiger charge is -2.39. The fourth-order valence-electron chi connectivity index (χ4n) is 3.35. The summed E-state index contributed by atoms with van der Waals surface area (Å²) in [6.45, 7) is 9.34. The number of carbonyl (C=O) groups is 1. The number of carbonyl (C=O) groups excluding carboxylic acids is 1. The van der Waals surface area contributed by atoms with Crippen molar-refractivity contribution < 1.29 is 4.79 Å². The van der Waals surface area contributed by atoms with Crippen molar-refractivity contribution in [1.29, 1.82) is 0 Å². The first-order valence-corrected chi connectivity index (χ1v) is 10.4. The number of thiazole rings is 1. The Labute approximate surface area is 165 Å². The van der Waals surface area contributed by atoms with Gasteiger partial charge in [0, 0.05) is 49.7 Å². The standard InChI is InChI=1S/C20H29N5OS/c1-15(2)18(25-11-9-24(3)10-12-25)13-21-19(26)23-20-22-17(14-27-20)16-7-5-4-6-8-16/h4-8,14-15,18H,9-13H2,1-3H3,(H2,21,22,23,26). The molecule has 3 rings (SSSR count). The molecule has 1 unspecified atom stereocenters. The predicted molar refractivity (Wildman–Crippen MR) is 112 cm³/mol. The SMILES string of the molecule is CC(C)C(CNC(=O)Nc1nc(-c2ccccc2)cs1)N1CCN(C)CC1. The Balaban J connectivity index is 1.52. The Morgan fingerprint density at radius 3 is 2.56 bits per heavy atom. The molecular formula is C20H29N5OS. The van der Waals surface area contributed by atoms with Crippen LogP contribution in [0.4, 0.5) is 9.93 Å². The van der Waals surface area contributed by atoms with Crippen LogP contribution in [0.2, 0.25) is 0 Å². The van der Waals surface area contributed by atoms with Gasteiger partial charge in [-0.05, 0) is 13.0 Å². The third kappa shape index (κ3) is 5.51. The number of nitrogens with one attached hydrogen (secondary N) is 2. The van der Waals surface area contributed by atoms with Gasteiger partial charge in [-0.3, -0.25) is 10.2 Å². The Kier molecular flexibility index (Phi) is 6.82. The second-order valence-electron chi connectivity index (χ2n) is 7.39. The van der Waals surface area contributed by atoms with Gasteiger partial charge in [-0.2, -0.15) is 0 Å². The van der Waals surface area contributed by atoms with E-state index in [4.69, 9.17) is 0 Å². The topological polar surface area (TPSA) is 60.5 Å². The van der Waals surface area contributed by atoms with Gasteiger partial charge in [-0.15, -0.1) is 11.3 Å². The second kappa shape index (κ2) is 9.30. The van der Waals surface area contributed by atoms with E-state index in [1.807, 2.05) is 35.7 Å². The minimum atomic E-state index is -0.191. The zero-order valence-electron chi connectivity index (χ0n) is 16.3. The summed E-state index contributed by atoms with van der Waals surface area (Å²) in [6.07, 6.45) is 0. The smallest absolute Gasteiger partial charge is 0.321 e. The number of likely N-dealkylation sites (N-methyl/N-ethyl adjacent to an activating group) is 1. The van der Waals surface area contributed by atoms with Gasteiger partial charge in [0.15, 0.2) is 5.13 Å². The molecule has 0 aliphatic carbocycles.